The van der Waals surface area contributed by atoms with Gasteiger partial charge >= 0.3 is 0 Å². The molecule has 5 nitrogen and oxygen atoms in total. The van der Waals surface area contributed by atoms with Crippen LogP contribution in [0.25, 0.3) is 6.08 Å². The van der Waals surface area contributed by atoms with E-state index in [4.69, 9.17) is 32.7 Å². The van der Waals surface area contributed by atoms with E-state index in [2.05, 4.69) is 4.99 Å². The van der Waals surface area contributed by atoms with Gasteiger partial charge in [0.1, 0.15) is 17.2 Å². The van der Waals surface area contributed by atoms with Crippen LogP contribution in [-0.4, -0.2) is 25.3 Å². The molecule has 4 rings (SSSR count). The second kappa shape index (κ2) is 10.3. The van der Waals surface area contributed by atoms with Crippen LogP contribution in [0, 0.1) is 0 Å². The number of amidine groups is 1. The maximum Gasteiger partial charge on any atom is 0.283 e. The van der Waals surface area contributed by atoms with E-state index in [1.165, 1.54) is 11.8 Å². The molecule has 0 aliphatic carbocycles. The summed E-state index contributed by atoms with van der Waals surface area (Å²) in [6.45, 7) is 0. The number of hydrogen-bond acceptors (Lipinski definition) is 5. The third kappa shape index (κ3) is 5.19. The first kappa shape index (κ1) is 23.2. The van der Waals surface area contributed by atoms with Crippen molar-refractivity contribution in [2.24, 2.45) is 4.99 Å². The van der Waals surface area contributed by atoms with Gasteiger partial charge in [0.25, 0.3) is 5.91 Å². The van der Waals surface area contributed by atoms with E-state index in [0.717, 1.165) is 16.9 Å². The zero-order chi connectivity index (χ0) is 23.4. The number of ether oxygens (including phenoxy) is 2. The van der Waals surface area contributed by atoms with Gasteiger partial charge in [-0.25, -0.2) is 4.99 Å². The standard InChI is InChI=1S/C25H20Cl2N2O3S/c1-31-18-11-9-16(10-12-18)13-23-24(30)29(17-5-3-6-19(14-17)32-2)25(28-23)33-15-20-21(26)7-4-8-22(20)27/h3-14H,15H2,1-2H3. The van der Waals surface area contributed by atoms with E-state index < -0.39 is 0 Å². The Bertz CT molecular complexity index is 1220. The van der Waals surface area contributed by atoms with Crippen LogP contribution in [0.4, 0.5) is 5.69 Å². The zero-order valence-electron chi connectivity index (χ0n) is 17.9. The molecule has 8 heteroatoms. The molecule has 0 unspecified atom stereocenters. The molecule has 168 valence electrons. The summed E-state index contributed by atoms with van der Waals surface area (Å²) in [6, 6.07) is 20.1. The predicted octanol–water partition coefficient (Wildman–Crippen LogP) is 6.69. The van der Waals surface area contributed by atoms with E-state index in [1.54, 1.807) is 49.5 Å². The molecule has 3 aromatic rings. The summed E-state index contributed by atoms with van der Waals surface area (Å²) in [5.74, 6) is 1.61. The van der Waals surface area contributed by atoms with Crippen LogP contribution in [0.5, 0.6) is 11.5 Å². The molecule has 0 saturated carbocycles. The molecule has 0 aromatic heterocycles. The highest BCUT2D eigenvalue weighted by Crippen LogP contribution is 2.35. The summed E-state index contributed by atoms with van der Waals surface area (Å²) < 4.78 is 10.6. The summed E-state index contributed by atoms with van der Waals surface area (Å²) in [5.41, 5.74) is 2.62. The highest BCUT2D eigenvalue weighted by atomic mass is 35.5. The molecule has 1 aliphatic rings. The molecule has 1 amide bonds. The Balaban J connectivity index is 1.69. The van der Waals surface area contributed by atoms with E-state index in [-0.39, 0.29) is 5.91 Å². The number of rotatable bonds is 6. The zero-order valence-corrected chi connectivity index (χ0v) is 20.2. The Morgan fingerprint density at radius 3 is 2.27 bits per heavy atom. The molecular weight excluding hydrogens is 479 g/mol. The molecule has 0 atom stereocenters. The summed E-state index contributed by atoms with van der Waals surface area (Å²) in [6.07, 6.45) is 1.75. The fourth-order valence-electron chi connectivity index (χ4n) is 3.24. The lowest BCUT2D eigenvalue weighted by atomic mass is 10.2. The Labute approximate surface area is 206 Å². The first-order chi connectivity index (χ1) is 16.0. The lowest BCUT2D eigenvalue weighted by Gasteiger charge is -2.18. The topological polar surface area (TPSA) is 51.1 Å². The first-order valence-corrected chi connectivity index (χ1v) is 11.7. The van der Waals surface area contributed by atoms with Gasteiger partial charge in [0.05, 0.1) is 19.9 Å². The molecule has 0 bridgehead atoms. The van der Waals surface area contributed by atoms with Gasteiger partial charge in [0.2, 0.25) is 0 Å². The number of anilines is 1. The molecule has 3 aromatic carbocycles. The van der Waals surface area contributed by atoms with Gasteiger partial charge in [0, 0.05) is 21.9 Å². The average molecular weight is 499 g/mol. The Hall–Kier alpha value is -2.93. The van der Waals surface area contributed by atoms with Gasteiger partial charge in [-0.3, -0.25) is 9.69 Å². The average Bonchev–Trinajstić information content (AvgIpc) is 3.14. The quantitative estimate of drug-likeness (QED) is 0.355. The first-order valence-electron chi connectivity index (χ1n) is 9.99. The molecule has 33 heavy (non-hydrogen) atoms. The lowest BCUT2D eigenvalue weighted by Crippen LogP contribution is -2.30. The number of halogens is 2. The number of methoxy groups -OCH3 is 2. The van der Waals surface area contributed by atoms with Crippen molar-refractivity contribution in [3.63, 3.8) is 0 Å². The van der Waals surface area contributed by atoms with Crippen LogP contribution >= 0.6 is 35.0 Å². The van der Waals surface area contributed by atoms with Crippen molar-refractivity contribution >= 4 is 57.8 Å². The highest BCUT2D eigenvalue weighted by Gasteiger charge is 2.32. The molecule has 1 heterocycles. The number of thioether (sulfide) groups is 1. The number of hydrogen-bond donors (Lipinski definition) is 0. The molecule has 0 spiro atoms. The second-order valence-corrected chi connectivity index (χ2v) is 8.78. The van der Waals surface area contributed by atoms with Crippen LogP contribution in [0.1, 0.15) is 11.1 Å². The van der Waals surface area contributed by atoms with Crippen molar-refractivity contribution in [3.05, 3.63) is 93.6 Å². The third-order valence-electron chi connectivity index (χ3n) is 4.97. The Kier molecular flexibility index (Phi) is 7.28. The van der Waals surface area contributed by atoms with Crippen molar-refractivity contribution in [2.45, 2.75) is 5.75 Å². The van der Waals surface area contributed by atoms with Crippen LogP contribution in [0.3, 0.4) is 0 Å². The smallest absolute Gasteiger partial charge is 0.283 e. The molecule has 0 saturated heterocycles. The van der Waals surface area contributed by atoms with E-state index in [1.807, 2.05) is 42.5 Å². The number of benzene rings is 3. The largest absolute Gasteiger partial charge is 0.497 e. The normalized spacial score (nSPS) is 14.5. The number of nitrogens with zero attached hydrogens (tertiary/aromatic N) is 2. The molecule has 0 N–H and O–H groups in total. The number of amides is 1. The van der Waals surface area contributed by atoms with E-state index in [0.29, 0.717) is 38.1 Å². The number of carbonyl (C=O) groups is 1. The van der Waals surface area contributed by atoms with Crippen molar-refractivity contribution in [1.82, 2.24) is 0 Å². The second-order valence-electron chi connectivity index (χ2n) is 7.03. The van der Waals surface area contributed by atoms with Crippen molar-refractivity contribution < 1.29 is 14.3 Å². The van der Waals surface area contributed by atoms with Crippen LogP contribution in [0.15, 0.2) is 77.4 Å². The maximum absolute atomic E-state index is 13.4. The van der Waals surface area contributed by atoms with Gasteiger partial charge < -0.3 is 9.47 Å². The predicted molar refractivity (Wildman–Crippen MR) is 137 cm³/mol. The van der Waals surface area contributed by atoms with Gasteiger partial charge in [-0.15, -0.1) is 0 Å². The minimum atomic E-state index is -0.230. The SMILES string of the molecule is COc1ccc(C=C2N=C(SCc3c(Cl)cccc3Cl)N(c3cccc(OC)c3)C2=O)cc1. The maximum atomic E-state index is 13.4. The van der Waals surface area contributed by atoms with Crippen LogP contribution in [0.2, 0.25) is 10.0 Å². The van der Waals surface area contributed by atoms with Gasteiger partial charge in [0.15, 0.2) is 5.17 Å². The minimum absolute atomic E-state index is 0.230. The van der Waals surface area contributed by atoms with Crippen LogP contribution < -0.4 is 14.4 Å². The lowest BCUT2D eigenvalue weighted by molar-refractivity contribution is -0.113. The number of carbonyl (C=O) groups excluding carboxylic acids is 1. The van der Waals surface area contributed by atoms with E-state index >= 15 is 0 Å². The Morgan fingerprint density at radius 2 is 1.61 bits per heavy atom. The summed E-state index contributed by atoms with van der Waals surface area (Å²) in [5, 5.41) is 1.67. The van der Waals surface area contributed by atoms with Crippen molar-refractivity contribution in [3.8, 4) is 11.5 Å². The van der Waals surface area contributed by atoms with Crippen molar-refractivity contribution in [2.75, 3.05) is 19.1 Å². The highest BCUT2D eigenvalue weighted by molar-refractivity contribution is 8.13. The minimum Gasteiger partial charge on any atom is -0.497 e. The fraction of sp³-hybridized carbons (Fsp3) is 0.120. The van der Waals surface area contributed by atoms with Gasteiger partial charge in [-0.2, -0.15) is 0 Å². The summed E-state index contributed by atoms with van der Waals surface area (Å²) in [7, 11) is 3.20. The monoisotopic (exact) mass is 498 g/mol. The van der Waals surface area contributed by atoms with Gasteiger partial charge in [-0.1, -0.05) is 59.2 Å². The van der Waals surface area contributed by atoms with Crippen molar-refractivity contribution in [1.29, 1.82) is 0 Å². The molecular formula is C25H20Cl2N2O3S. The fourth-order valence-corrected chi connectivity index (χ4v) is 4.99. The third-order valence-corrected chi connectivity index (χ3v) is 6.64. The summed E-state index contributed by atoms with van der Waals surface area (Å²) in [4.78, 5) is 19.6. The molecule has 1 aliphatic heterocycles. The van der Waals surface area contributed by atoms with Crippen LogP contribution in [-0.2, 0) is 10.5 Å². The van der Waals surface area contributed by atoms with Gasteiger partial charge in [-0.05, 0) is 53.6 Å². The molecule has 0 radical (unpaired) electrons. The Morgan fingerprint density at radius 1 is 0.939 bits per heavy atom. The molecule has 0 fully saturated rings. The van der Waals surface area contributed by atoms with E-state index in [9.17, 15) is 4.79 Å². The number of aliphatic imine (C=N–C) groups is 1. The summed E-state index contributed by atoms with van der Waals surface area (Å²) >= 11 is 14.1.